The second-order valence-corrected chi connectivity index (χ2v) is 9.94. The van der Waals surface area contributed by atoms with Gasteiger partial charge in [-0.2, -0.15) is 9.40 Å². The zero-order valence-electron chi connectivity index (χ0n) is 19.6. The van der Waals surface area contributed by atoms with E-state index in [4.69, 9.17) is 9.15 Å². The highest BCUT2D eigenvalue weighted by Crippen LogP contribution is 2.29. The smallest absolute Gasteiger partial charge is 0.246 e. The number of aryl methyl sites for hydroxylation is 1. The van der Waals surface area contributed by atoms with E-state index < -0.39 is 10.0 Å². The van der Waals surface area contributed by atoms with Crippen molar-refractivity contribution in [3.8, 4) is 11.5 Å². The molecule has 10 heteroatoms. The number of hydrogen-bond donors (Lipinski definition) is 1. The van der Waals surface area contributed by atoms with Crippen LogP contribution >= 0.6 is 0 Å². The number of sulfonamides is 1. The molecular formula is C25H26N4O5S. The van der Waals surface area contributed by atoms with Gasteiger partial charge in [-0.25, -0.2) is 8.42 Å². The van der Waals surface area contributed by atoms with Gasteiger partial charge in [-0.1, -0.05) is 30.3 Å². The normalized spacial score (nSPS) is 11.5. The third-order valence-corrected chi connectivity index (χ3v) is 7.42. The van der Waals surface area contributed by atoms with Gasteiger partial charge in [-0.15, -0.1) is 0 Å². The molecule has 9 nitrogen and oxygen atoms in total. The van der Waals surface area contributed by atoms with Crippen molar-refractivity contribution in [1.29, 1.82) is 0 Å². The lowest BCUT2D eigenvalue weighted by Gasteiger charge is -2.16. The first kappa shape index (κ1) is 24.2. The number of aromatic nitrogens is 2. The number of furan rings is 1. The highest BCUT2D eigenvalue weighted by Gasteiger charge is 2.29. The molecule has 0 atom stereocenters. The van der Waals surface area contributed by atoms with Crippen molar-refractivity contribution >= 4 is 21.6 Å². The summed E-state index contributed by atoms with van der Waals surface area (Å²) in [5, 5.41) is 7.15. The molecule has 0 radical (unpaired) electrons. The Morgan fingerprint density at radius 1 is 1.06 bits per heavy atom. The molecule has 0 aliphatic carbocycles. The van der Waals surface area contributed by atoms with Crippen LogP contribution in [0.25, 0.3) is 0 Å². The fraction of sp³-hybridized carbons (Fsp3) is 0.200. The van der Waals surface area contributed by atoms with Crippen LogP contribution in [0.1, 0.15) is 17.1 Å². The SMILES string of the molecule is Cc1nn(CC(=O)Nc2ccccc2Oc2ccccc2)c(C)c1S(=O)(=O)N(C)Cc1ccco1. The van der Waals surface area contributed by atoms with Crippen LogP contribution in [0.5, 0.6) is 11.5 Å². The average molecular weight is 495 g/mol. The summed E-state index contributed by atoms with van der Waals surface area (Å²) < 4.78 is 40.2. The summed E-state index contributed by atoms with van der Waals surface area (Å²) in [5.74, 6) is 1.28. The number of rotatable bonds is 9. The number of nitrogens with one attached hydrogen (secondary N) is 1. The zero-order chi connectivity index (χ0) is 25.0. The molecule has 4 rings (SSSR count). The maximum absolute atomic E-state index is 13.2. The van der Waals surface area contributed by atoms with Crippen molar-refractivity contribution in [3.63, 3.8) is 0 Å². The van der Waals surface area contributed by atoms with Crippen LogP contribution < -0.4 is 10.1 Å². The summed E-state index contributed by atoms with van der Waals surface area (Å²) in [4.78, 5) is 12.9. The fourth-order valence-corrected chi connectivity index (χ4v) is 5.17. The van der Waals surface area contributed by atoms with Crippen LogP contribution in [0, 0.1) is 13.8 Å². The summed E-state index contributed by atoms with van der Waals surface area (Å²) in [6.07, 6.45) is 1.49. The van der Waals surface area contributed by atoms with E-state index in [1.165, 1.54) is 22.3 Å². The van der Waals surface area contributed by atoms with Crippen LogP contribution in [0.3, 0.4) is 0 Å². The third-order valence-electron chi connectivity index (χ3n) is 5.37. The van der Waals surface area contributed by atoms with E-state index >= 15 is 0 Å². The zero-order valence-corrected chi connectivity index (χ0v) is 20.5. The molecule has 1 amide bonds. The van der Waals surface area contributed by atoms with Gasteiger partial charge in [-0.05, 0) is 50.2 Å². The second kappa shape index (κ2) is 10.2. The van der Waals surface area contributed by atoms with Crippen molar-refractivity contribution in [1.82, 2.24) is 14.1 Å². The van der Waals surface area contributed by atoms with Crippen molar-refractivity contribution in [2.75, 3.05) is 12.4 Å². The first-order valence-electron chi connectivity index (χ1n) is 10.9. The predicted molar refractivity (Wildman–Crippen MR) is 131 cm³/mol. The molecule has 0 aliphatic heterocycles. The molecule has 0 saturated heterocycles. The largest absolute Gasteiger partial charge is 0.468 e. The Bertz CT molecular complexity index is 1410. The van der Waals surface area contributed by atoms with Crippen molar-refractivity contribution in [2.24, 2.45) is 0 Å². The topological polar surface area (TPSA) is 107 Å². The average Bonchev–Trinajstić information content (AvgIpc) is 3.43. The Balaban J connectivity index is 1.50. The summed E-state index contributed by atoms with van der Waals surface area (Å²) in [6.45, 7) is 3.16. The maximum atomic E-state index is 13.2. The van der Waals surface area contributed by atoms with Gasteiger partial charge in [0, 0.05) is 7.05 Å². The summed E-state index contributed by atoms with van der Waals surface area (Å²) in [6, 6.07) is 19.7. The van der Waals surface area contributed by atoms with Crippen LogP contribution in [0.4, 0.5) is 5.69 Å². The van der Waals surface area contributed by atoms with Gasteiger partial charge in [0.1, 0.15) is 22.9 Å². The van der Waals surface area contributed by atoms with Crippen LogP contribution in [-0.4, -0.2) is 35.5 Å². The molecule has 2 aromatic heterocycles. The van der Waals surface area contributed by atoms with Gasteiger partial charge in [-0.3, -0.25) is 9.48 Å². The first-order valence-corrected chi connectivity index (χ1v) is 12.3. The van der Waals surface area contributed by atoms with Crippen molar-refractivity contribution in [3.05, 3.63) is 90.1 Å². The minimum Gasteiger partial charge on any atom is -0.468 e. The van der Waals surface area contributed by atoms with Crippen LogP contribution in [0.2, 0.25) is 0 Å². The van der Waals surface area contributed by atoms with E-state index in [-0.39, 0.29) is 23.9 Å². The van der Waals surface area contributed by atoms with Gasteiger partial charge < -0.3 is 14.5 Å². The number of carbonyl (C=O) groups is 1. The summed E-state index contributed by atoms with van der Waals surface area (Å²) in [5.41, 5.74) is 1.18. The molecule has 0 aliphatic rings. The Hall–Kier alpha value is -3.89. The monoisotopic (exact) mass is 494 g/mol. The Morgan fingerprint density at radius 2 is 1.77 bits per heavy atom. The highest BCUT2D eigenvalue weighted by atomic mass is 32.2. The van der Waals surface area contributed by atoms with Gasteiger partial charge in [0.15, 0.2) is 5.75 Å². The summed E-state index contributed by atoms with van der Waals surface area (Å²) >= 11 is 0. The molecule has 4 aromatic rings. The predicted octanol–water partition coefficient (Wildman–Crippen LogP) is 4.34. The molecule has 2 heterocycles. The number of amides is 1. The lowest BCUT2D eigenvalue weighted by atomic mass is 10.3. The van der Waals surface area contributed by atoms with E-state index in [1.54, 1.807) is 44.2 Å². The Labute approximate surface area is 204 Å². The highest BCUT2D eigenvalue weighted by molar-refractivity contribution is 7.89. The Morgan fingerprint density at radius 3 is 2.49 bits per heavy atom. The first-order chi connectivity index (χ1) is 16.8. The lowest BCUT2D eigenvalue weighted by molar-refractivity contribution is -0.117. The summed E-state index contributed by atoms with van der Waals surface area (Å²) in [7, 11) is -2.38. The Kier molecular flexibility index (Phi) is 7.04. The lowest BCUT2D eigenvalue weighted by Crippen LogP contribution is -2.27. The number of ether oxygens (including phenoxy) is 1. The number of hydrogen-bond acceptors (Lipinski definition) is 6. The molecule has 0 saturated carbocycles. The third kappa shape index (κ3) is 5.44. The van der Waals surface area contributed by atoms with Crippen LogP contribution in [-0.2, 0) is 27.9 Å². The molecule has 1 N–H and O–H groups in total. The minimum atomic E-state index is -3.85. The van der Waals surface area contributed by atoms with E-state index in [2.05, 4.69) is 10.4 Å². The molecule has 2 aromatic carbocycles. The molecule has 35 heavy (non-hydrogen) atoms. The quantitative estimate of drug-likeness (QED) is 0.371. The van der Waals surface area contributed by atoms with Gasteiger partial charge in [0.2, 0.25) is 15.9 Å². The number of anilines is 1. The molecule has 0 bridgehead atoms. The van der Waals surface area contributed by atoms with Crippen LogP contribution in [0.15, 0.2) is 82.3 Å². The second-order valence-electron chi connectivity index (χ2n) is 7.96. The molecule has 0 spiro atoms. The number of nitrogens with zero attached hydrogens (tertiary/aromatic N) is 3. The van der Waals surface area contributed by atoms with Gasteiger partial charge >= 0.3 is 0 Å². The van der Waals surface area contributed by atoms with Gasteiger partial charge in [0.05, 0.1) is 29.9 Å². The van der Waals surface area contributed by atoms with Crippen molar-refractivity contribution in [2.45, 2.75) is 31.8 Å². The molecule has 0 fully saturated rings. The molecule has 0 unspecified atom stereocenters. The van der Waals surface area contributed by atoms with E-state index in [1.807, 2.05) is 36.4 Å². The fourth-order valence-electron chi connectivity index (χ4n) is 3.67. The van der Waals surface area contributed by atoms with E-state index in [9.17, 15) is 13.2 Å². The van der Waals surface area contributed by atoms with Crippen molar-refractivity contribution < 1.29 is 22.4 Å². The number of para-hydroxylation sites is 3. The molecule has 182 valence electrons. The maximum Gasteiger partial charge on any atom is 0.246 e. The van der Waals surface area contributed by atoms with Gasteiger partial charge in [0.25, 0.3) is 0 Å². The van der Waals surface area contributed by atoms with E-state index in [0.29, 0.717) is 34.3 Å². The van der Waals surface area contributed by atoms with E-state index in [0.717, 1.165) is 0 Å². The number of benzene rings is 2. The molecular weight excluding hydrogens is 468 g/mol. The number of carbonyl (C=O) groups excluding carboxylic acids is 1. The minimum absolute atomic E-state index is 0.0761. The standard InChI is InChI=1S/C25H26N4O5S/c1-18-25(35(31,32)28(3)16-21-12-9-15-33-21)19(2)29(27-18)17-24(30)26-22-13-7-8-14-23(22)34-20-10-5-4-6-11-20/h4-15H,16-17H2,1-3H3,(H,26,30).